The van der Waals surface area contributed by atoms with Crippen molar-refractivity contribution in [1.82, 2.24) is 9.80 Å². The number of carboxylic acids is 1. The first-order chi connectivity index (χ1) is 9.13. The summed E-state index contributed by atoms with van der Waals surface area (Å²) >= 11 is 0. The van der Waals surface area contributed by atoms with E-state index in [1.165, 1.54) is 45.2 Å². The highest BCUT2D eigenvalue weighted by Gasteiger charge is 2.17. The van der Waals surface area contributed by atoms with Crippen molar-refractivity contribution < 1.29 is 9.90 Å². The Hall–Kier alpha value is -0.610. The van der Waals surface area contributed by atoms with Crippen LogP contribution in [-0.2, 0) is 4.79 Å². The number of hydrogen-bond donors (Lipinski definition) is 1. The van der Waals surface area contributed by atoms with Gasteiger partial charge in [-0.3, -0.25) is 4.79 Å². The van der Waals surface area contributed by atoms with Crippen molar-refractivity contribution in [2.75, 3.05) is 39.3 Å². The van der Waals surface area contributed by atoms with Crippen molar-refractivity contribution in [2.24, 2.45) is 5.92 Å². The number of aliphatic carboxylic acids is 1. The van der Waals surface area contributed by atoms with Crippen molar-refractivity contribution in [1.29, 1.82) is 0 Å². The summed E-state index contributed by atoms with van der Waals surface area (Å²) in [5.74, 6) is -0.943. The van der Waals surface area contributed by atoms with E-state index >= 15 is 0 Å². The van der Waals surface area contributed by atoms with Gasteiger partial charge in [-0.1, -0.05) is 26.7 Å². The lowest BCUT2D eigenvalue weighted by Crippen LogP contribution is -2.38. The van der Waals surface area contributed by atoms with Gasteiger partial charge in [0.1, 0.15) is 0 Å². The number of likely N-dealkylation sites (tertiary alicyclic amines) is 1. The predicted molar refractivity (Wildman–Crippen MR) is 78.4 cm³/mol. The Labute approximate surface area is 117 Å². The van der Waals surface area contributed by atoms with Crippen LogP contribution in [0.2, 0.25) is 0 Å². The molecule has 1 fully saturated rings. The Bertz CT molecular complexity index is 253. The summed E-state index contributed by atoms with van der Waals surface area (Å²) in [6.07, 6.45) is 6.28. The van der Waals surface area contributed by atoms with Crippen molar-refractivity contribution in [3.05, 3.63) is 0 Å². The average Bonchev–Trinajstić information content (AvgIpc) is 2.88. The number of carbonyl (C=O) groups is 1. The summed E-state index contributed by atoms with van der Waals surface area (Å²) < 4.78 is 0. The number of unbranched alkanes of at least 4 members (excludes halogenated alkanes) is 2. The summed E-state index contributed by atoms with van der Waals surface area (Å²) in [6, 6.07) is 0. The highest BCUT2D eigenvalue weighted by atomic mass is 16.4. The van der Waals surface area contributed by atoms with Gasteiger partial charge < -0.3 is 14.9 Å². The van der Waals surface area contributed by atoms with Crippen LogP contribution in [0.1, 0.15) is 46.0 Å². The van der Waals surface area contributed by atoms with Crippen molar-refractivity contribution in [3.63, 3.8) is 0 Å². The lowest BCUT2D eigenvalue weighted by Gasteiger charge is -2.26. The lowest BCUT2D eigenvalue weighted by molar-refractivity contribution is -0.141. The van der Waals surface area contributed by atoms with Gasteiger partial charge in [0, 0.05) is 19.6 Å². The zero-order valence-corrected chi connectivity index (χ0v) is 12.6. The molecule has 19 heavy (non-hydrogen) atoms. The van der Waals surface area contributed by atoms with E-state index in [1.807, 2.05) is 6.92 Å². The molecule has 1 heterocycles. The van der Waals surface area contributed by atoms with Crippen LogP contribution in [0.3, 0.4) is 0 Å². The van der Waals surface area contributed by atoms with Crippen LogP contribution in [0.25, 0.3) is 0 Å². The number of nitrogens with zero attached hydrogens (tertiary/aromatic N) is 2. The topological polar surface area (TPSA) is 43.8 Å². The van der Waals surface area contributed by atoms with Crippen molar-refractivity contribution >= 4 is 5.97 Å². The number of hydrogen-bond acceptors (Lipinski definition) is 3. The minimum atomic E-state index is -0.679. The largest absolute Gasteiger partial charge is 0.481 e. The second-order valence-corrected chi connectivity index (χ2v) is 5.80. The van der Waals surface area contributed by atoms with Crippen molar-refractivity contribution in [2.45, 2.75) is 46.0 Å². The molecule has 1 atom stereocenters. The first kappa shape index (κ1) is 16.4. The Balaban J connectivity index is 2.31. The zero-order chi connectivity index (χ0) is 14.1. The van der Waals surface area contributed by atoms with Crippen molar-refractivity contribution in [3.8, 4) is 0 Å². The first-order valence-electron chi connectivity index (χ1n) is 7.81. The van der Waals surface area contributed by atoms with Gasteiger partial charge in [0.15, 0.2) is 0 Å². The molecule has 0 radical (unpaired) electrons. The van der Waals surface area contributed by atoms with E-state index in [2.05, 4.69) is 16.7 Å². The summed E-state index contributed by atoms with van der Waals surface area (Å²) in [5.41, 5.74) is 0. The fourth-order valence-corrected chi connectivity index (χ4v) is 2.63. The molecule has 1 aliphatic heterocycles. The maximum atomic E-state index is 11.0. The molecule has 0 saturated carbocycles. The SMILES string of the molecule is CCCCCN(CCN1CCCC1)CC(C)C(=O)O. The Morgan fingerprint density at radius 3 is 2.53 bits per heavy atom. The molecule has 1 N–H and O–H groups in total. The minimum Gasteiger partial charge on any atom is -0.481 e. The molecular weight excluding hydrogens is 240 g/mol. The quantitative estimate of drug-likeness (QED) is 0.619. The van der Waals surface area contributed by atoms with E-state index in [0.29, 0.717) is 6.54 Å². The predicted octanol–water partition coefficient (Wildman–Crippen LogP) is 2.30. The normalized spacial score (nSPS) is 18.1. The third-order valence-electron chi connectivity index (χ3n) is 3.96. The average molecular weight is 270 g/mol. The summed E-state index contributed by atoms with van der Waals surface area (Å²) in [4.78, 5) is 15.8. The third kappa shape index (κ3) is 6.92. The fourth-order valence-electron chi connectivity index (χ4n) is 2.63. The van der Waals surface area contributed by atoms with E-state index < -0.39 is 5.97 Å². The van der Waals surface area contributed by atoms with Gasteiger partial charge in [-0.15, -0.1) is 0 Å². The van der Waals surface area contributed by atoms with Gasteiger partial charge >= 0.3 is 5.97 Å². The van der Waals surface area contributed by atoms with Crippen LogP contribution in [0.15, 0.2) is 0 Å². The number of rotatable bonds is 10. The van der Waals surface area contributed by atoms with E-state index in [9.17, 15) is 4.79 Å². The maximum absolute atomic E-state index is 11.0. The zero-order valence-electron chi connectivity index (χ0n) is 12.6. The molecule has 1 saturated heterocycles. The van der Waals surface area contributed by atoms with Gasteiger partial charge in [0.2, 0.25) is 0 Å². The fraction of sp³-hybridized carbons (Fsp3) is 0.933. The minimum absolute atomic E-state index is 0.264. The molecule has 112 valence electrons. The Kier molecular flexibility index (Phi) is 8.07. The molecule has 4 nitrogen and oxygen atoms in total. The van der Waals surface area contributed by atoms with E-state index in [1.54, 1.807) is 0 Å². The second-order valence-electron chi connectivity index (χ2n) is 5.80. The van der Waals surface area contributed by atoms with Crippen LogP contribution in [-0.4, -0.2) is 60.1 Å². The van der Waals surface area contributed by atoms with Gasteiger partial charge in [-0.25, -0.2) is 0 Å². The summed E-state index contributed by atoms with van der Waals surface area (Å²) in [6.45, 7) is 10.3. The van der Waals surface area contributed by atoms with Gasteiger partial charge in [0.25, 0.3) is 0 Å². The molecule has 0 aromatic carbocycles. The smallest absolute Gasteiger partial charge is 0.307 e. The lowest BCUT2D eigenvalue weighted by atomic mass is 10.1. The molecular formula is C15H30N2O2. The molecule has 4 heteroatoms. The molecule has 1 unspecified atom stereocenters. The molecule has 0 aliphatic carbocycles. The van der Waals surface area contributed by atoms with Crippen LogP contribution in [0, 0.1) is 5.92 Å². The molecule has 0 bridgehead atoms. The van der Waals surface area contributed by atoms with E-state index in [0.717, 1.165) is 19.6 Å². The van der Waals surface area contributed by atoms with Crippen LogP contribution in [0.4, 0.5) is 0 Å². The molecule has 0 amide bonds. The van der Waals surface area contributed by atoms with Crippen LogP contribution < -0.4 is 0 Å². The molecule has 1 aliphatic rings. The van der Waals surface area contributed by atoms with E-state index in [4.69, 9.17) is 5.11 Å². The molecule has 0 aromatic rings. The maximum Gasteiger partial charge on any atom is 0.307 e. The highest BCUT2D eigenvalue weighted by Crippen LogP contribution is 2.09. The Morgan fingerprint density at radius 2 is 1.95 bits per heavy atom. The van der Waals surface area contributed by atoms with Gasteiger partial charge in [-0.05, 0) is 38.9 Å². The standard InChI is InChI=1S/C15H30N2O2/c1-3-4-5-10-17(13-14(2)15(18)19)12-11-16-8-6-7-9-16/h14H,3-13H2,1-2H3,(H,18,19). The Morgan fingerprint density at radius 1 is 1.26 bits per heavy atom. The molecule has 0 spiro atoms. The first-order valence-corrected chi connectivity index (χ1v) is 7.81. The summed E-state index contributed by atoms with van der Waals surface area (Å²) in [7, 11) is 0. The van der Waals surface area contributed by atoms with Crippen LogP contribution >= 0.6 is 0 Å². The van der Waals surface area contributed by atoms with Crippen LogP contribution in [0.5, 0.6) is 0 Å². The molecule has 0 aromatic heterocycles. The van der Waals surface area contributed by atoms with Gasteiger partial charge in [0.05, 0.1) is 5.92 Å². The summed E-state index contributed by atoms with van der Waals surface area (Å²) in [5, 5.41) is 9.05. The highest BCUT2D eigenvalue weighted by molar-refractivity contribution is 5.69. The number of carboxylic acid groups (broad SMARTS) is 1. The monoisotopic (exact) mass is 270 g/mol. The molecule has 1 rings (SSSR count). The third-order valence-corrected chi connectivity index (χ3v) is 3.96. The second kappa shape index (κ2) is 9.32. The van der Waals surface area contributed by atoms with E-state index in [-0.39, 0.29) is 5.92 Å². The van der Waals surface area contributed by atoms with Gasteiger partial charge in [-0.2, -0.15) is 0 Å².